The first-order valence-electron chi connectivity index (χ1n) is 5.38. The summed E-state index contributed by atoms with van der Waals surface area (Å²) in [6, 6.07) is 7.90. The lowest BCUT2D eigenvalue weighted by atomic mass is 10.2. The van der Waals surface area contributed by atoms with Crippen LogP contribution in [0.15, 0.2) is 30.6 Å². The van der Waals surface area contributed by atoms with Gasteiger partial charge in [-0.2, -0.15) is 4.98 Å². The third-order valence-electron chi connectivity index (χ3n) is 2.69. The number of nitrogen functional groups attached to an aromatic ring is 1. The molecule has 0 aliphatic carbocycles. The van der Waals surface area contributed by atoms with Crippen LogP contribution in [0, 0.1) is 6.92 Å². The van der Waals surface area contributed by atoms with Gasteiger partial charge in [0.15, 0.2) is 10.8 Å². The summed E-state index contributed by atoms with van der Waals surface area (Å²) in [6.07, 6.45) is 1.37. The van der Waals surface area contributed by atoms with E-state index >= 15 is 0 Å². The van der Waals surface area contributed by atoms with Crippen LogP contribution < -0.4 is 5.73 Å². The van der Waals surface area contributed by atoms with E-state index in [1.54, 1.807) is 4.57 Å². The summed E-state index contributed by atoms with van der Waals surface area (Å²) in [7, 11) is 0. The molecule has 5 nitrogen and oxygen atoms in total. The summed E-state index contributed by atoms with van der Waals surface area (Å²) < 4.78 is 1.75. The molecule has 0 saturated heterocycles. The fourth-order valence-electron chi connectivity index (χ4n) is 1.92. The minimum atomic E-state index is 0.339. The standard InChI is InChI=1S/C12H10ClN5/c1-7-3-2-4-8(5-7)18-9-10(13)15-6-16-11(9)17-12(18)14/h2-6H,1H3,(H2,14,15,16,17). The van der Waals surface area contributed by atoms with Crippen molar-refractivity contribution >= 4 is 28.7 Å². The highest BCUT2D eigenvalue weighted by Crippen LogP contribution is 2.26. The van der Waals surface area contributed by atoms with Gasteiger partial charge in [0.05, 0.1) is 0 Å². The molecule has 0 aliphatic heterocycles. The normalized spacial score (nSPS) is 11.0. The molecule has 2 heterocycles. The van der Waals surface area contributed by atoms with E-state index in [9.17, 15) is 0 Å². The van der Waals surface area contributed by atoms with Crippen LogP contribution in [-0.4, -0.2) is 19.5 Å². The largest absolute Gasteiger partial charge is 0.369 e. The number of fused-ring (bicyclic) bond motifs is 1. The molecule has 90 valence electrons. The Balaban J connectivity index is 2.38. The molecule has 1 aromatic carbocycles. The second kappa shape index (κ2) is 3.96. The Bertz CT molecular complexity index is 734. The Morgan fingerprint density at radius 3 is 2.89 bits per heavy atom. The smallest absolute Gasteiger partial charge is 0.207 e. The van der Waals surface area contributed by atoms with Gasteiger partial charge in [0.1, 0.15) is 11.8 Å². The molecular formula is C12H10ClN5. The number of nitrogens with two attached hydrogens (primary N) is 1. The highest BCUT2D eigenvalue weighted by molar-refractivity contribution is 6.33. The second-order valence-corrected chi connectivity index (χ2v) is 4.34. The molecule has 0 atom stereocenters. The molecule has 0 radical (unpaired) electrons. The van der Waals surface area contributed by atoms with E-state index in [1.807, 2.05) is 31.2 Å². The summed E-state index contributed by atoms with van der Waals surface area (Å²) in [5, 5.41) is 0.339. The molecule has 0 spiro atoms. The predicted octanol–water partition coefficient (Wildman–Crippen LogP) is 2.36. The molecule has 3 aromatic rings. The van der Waals surface area contributed by atoms with Gasteiger partial charge in [0.2, 0.25) is 5.95 Å². The Labute approximate surface area is 108 Å². The molecule has 2 N–H and O–H groups in total. The molecule has 0 bridgehead atoms. The van der Waals surface area contributed by atoms with Gasteiger partial charge in [-0.15, -0.1) is 0 Å². The van der Waals surface area contributed by atoms with Gasteiger partial charge in [0.25, 0.3) is 0 Å². The quantitative estimate of drug-likeness (QED) is 0.681. The van der Waals surface area contributed by atoms with E-state index in [-0.39, 0.29) is 0 Å². The van der Waals surface area contributed by atoms with Crippen molar-refractivity contribution in [2.24, 2.45) is 0 Å². The highest BCUT2D eigenvalue weighted by Gasteiger charge is 2.14. The summed E-state index contributed by atoms with van der Waals surface area (Å²) in [5.41, 5.74) is 9.07. The van der Waals surface area contributed by atoms with E-state index in [0.717, 1.165) is 11.3 Å². The van der Waals surface area contributed by atoms with Crippen LogP contribution in [0.2, 0.25) is 5.15 Å². The van der Waals surface area contributed by atoms with Crippen molar-refractivity contribution in [2.45, 2.75) is 6.92 Å². The average molecular weight is 260 g/mol. The number of hydrogen-bond acceptors (Lipinski definition) is 4. The molecule has 3 rings (SSSR count). The number of aromatic nitrogens is 4. The molecule has 0 fully saturated rings. The van der Waals surface area contributed by atoms with Crippen LogP contribution in [0.3, 0.4) is 0 Å². The monoisotopic (exact) mass is 259 g/mol. The number of hydrogen-bond donors (Lipinski definition) is 1. The van der Waals surface area contributed by atoms with Crippen molar-refractivity contribution in [3.05, 3.63) is 41.3 Å². The minimum absolute atomic E-state index is 0.339. The molecule has 0 amide bonds. The number of imidazole rings is 1. The van der Waals surface area contributed by atoms with Crippen LogP contribution in [0.1, 0.15) is 5.56 Å². The van der Waals surface area contributed by atoms with Crippen LogP contribution in [0.25, 0.3) is 16.9 Å². The van der Waals surface area contributed by atoms with Crippen molar-refractivity contribution in [3.63, 3.8) is 0 Å². The van der Waals surface area contributed by atoms with Gasteiger partial charge in [-0.1, -0.05) is 23.7 Å². The van der Waals surface area contributed by atoms with Gasteiger partial charge in [0, 0.05) is 5.69 Å². The molecule has 2 aromatic heterocycles. The Hall–Kier alpha value is -2.14. The lowest BCUT2D eigenvalue weighted by molar-refractivity contribution is 1.10. The van der Waals surface area contributed by atoms with E-state index in [0.29, 0.717) is 22.3 Å². The van der Waals surface area contributed by atoms with Gasteiger partial charge in [-0.3, -0.25) is 4.57 Å². The maximum atomic E-state index is 6.10. The summed E-state index contributed by atoms with van der Waals surface area (Å²) in [5.74, 6) is 0.345. The van der Waals surface area contributed by atoms with Crippen LogP contribution >= 0.6 is 11.6 Å². The number of nitrogens with zero attached hydrogens (tertiary/aromatic N) is 4. The van der Waals surface area contributed by atoms with Crippen molar-refractivity contribution in [2.75, 3.05) is 5.73 Å². The number of benzene rings is 1. The third kappa shape index (κ3) is 1.60. The number of anilines is 1. The maximum absolute atomic E-state index is 6.10. The van der Waals surface area contributed by atoms with Gasteiger partial charge in [-0.25, -0.2) is 9.97 Å². The molecule has 0 saturated carbocycles. The Kier molecular flexibility index (Phi) is 2.41. The van der Waals surface area contributed by atoms with Crippen molar-refractivity contribution in [1.29, 1.82) is 0 Å². The van der Waals surface area contributed by atoms with E-state index < -0.39 is 0 Å². The first kappa shape index (κ1) is 11.0. The molecule has 0 unspecified atom stereocenters. The molecule has 18 heavy (non-hydrogen) atoms. The lowest BCUT2D eigenvalue weighted by Crippen LogP contribution is -2.01. The topological polar surface area (TPSA) is 69.6 Å². The summed E-state index contributed by atoms with van der Waals surface area (Å²) in [4.78, 5) is 12.2. The first-order chi connectivity index (χ1) is 8.66. The van der Waals surface area contributed by atoms with E-state index in [2.05, 4.69) is 15.0 Å². The fourth-order valence-corrected chi connectivity index (χ4v) is 2.14. The number of aryl methyl sites for hydroxylation is 1. The number of rotatable bonds is 1. The fraction of sp³-hybridized carbons (Fsp3) is 0.0833. The molecular weight excluding hydrogens is 250 g/mol. The highest BCUT2D eigenvalue weighted by atomic mass is 35.5. The lowest BCUT2D eigenvalue weighted by Gasteiger charge is -2.07. The van der Waals surface area contributed by atoms with E-state index in [1.165, 1.54) is 6.33 Å². The first-order valence-corrected chi connectivity index (χ1v) is 5.76. The Morgan fingerprint density at radius 1 is 1.28 bits per heavy atom. The maximum Gasteiger partial charge on any atom is 0.207 e. The Morgan fingerprint density at radius 2 is 2.11 bits per heavy atom. The SMILES string of the molecule is Cc1cccc(-n2c(N)nc3ncnc(Cl)c32)c1. The van der Waals surface area contributed by atoms with Gasteiger partial charge in [-0.05, 0) is 24.6 Å². The zero-order chi connectivity index (χ0) is 12.7. The van der Waals surface area contributed by atoms with Gasteiger partial charge >= 0.3 is 0 Å². The second-order valence-electron chi connectivity index (χ2n) is 3.98. The molecule has 0 aliphatic rings. The zero-order valence-electron chi connectivity index (χ0n) is 9.63. The minimum Gasteiger partial charge on any atom is -0.369 e. The van der Waals surface area contributed by atoms with Crippen molar-refractivity contribution in [3.8, 4) is 5.69 Å². The molecule has 6 heteroatoms. The van der Waals surface area contributed by atoms with Crippen LogP contribution in [0.4, 0.5) is 5.95 Å². The van der Waals surface area contributed by atoms with Crippen LogP contribution in [-0.2, 0) is 0 Å². The van der Waals surface area contributed by atoms with Crippen LogP contribution in [0.5, 0.6) is 0 Å². The summed E-state index contributed by atoms with van der Waals surface area (Å²) in [6.45, 7) is 2.01. The van der Waals surface area contributed by atoms with E-state index in [4.69, 9.17) is 17.3 Å². The predicted molar refractivity (Wildman–Crippen MR) is 70.8 cm³/mol. The van der Waals surface area contributed by atoms with Gasteiger partial charge < -0.3 is 5.73 Å². The van der Waals surface area contributed by atoms with Crippen molar-refractivity contribution in [1.82, 2.24) is 19.5 Å². The number of halogens is 1. The average Bonchev–Trinajstić information content (AvgIpc) is 2.67. The third-order valence-corrected chi connectivity index (χ3v) is 2.97. The van der Waals surface area contributed by atoms with Crippen molar-refractivity contribution < 1.29 is 0 Å². The zero-order valence-corrected chi connectivity index (χ0v) is 10.4. The summed E-state index contributed by atoms with van der Waals surface area (Å²) >= 11 is 6.10.